The lowest BCUT2D eigenvalue weighted by Crippen LogP contribution is -2.34. The van der Waals surface area contributed by atoms with Gasteiger partial charge in [-0.15, -0.1) is 0 Å². The second-order valence-electron chi connectivity index (χ2n) is 7.55. The van der Waals surface area contributed by atoms with Crippen LogP contribution in [0.15, 0.2) is 18.3 Å². The van der Waals surface area contributed by atoms with Crippen LogP contribution < -0.4 is 16.0 Å². The molecule has 2 aromatic rings. The van der Waals surface area contributed by atoms with E-state index in [1.54, 1.807) is 6.20 Å². The van der Waals surface area contributed by atoms with Crippen molar-refractivity contribution in [2.45, 2.75) is 44.1 Å². The van der Waals surface area contributed by atoms with Crippen molar-refractivity contribution in [3.63, 3.8) is 0 Å². The molecule has 2 unspecified atom stereocenters. The number of nitrogens with zero attached hydrogens (tertiary/aromatic N) is 3. The number of nitrogens with one attached hydrogen (secondary N) is 4. The molecule has 126 valence electrons. The summed E-state index contributed by atoms with van der Waals surface area (Å²) in [6.45, 7) is 2.05. The molecule has 4 N–H and O–H groups in total. The molecule has 0 amide bonds. The highest BCUT2D eigenvalue weighted by Gasteiger charge is 2.44. The lowest BCUT2D eigenvalue weighted by molar-refractivity contribution is 0.336. The predicted octanol–water partition coefficient (Wildman–Crippen LogP) is 2.37. The van der Waals surface area contributed by atoms with E-state index in [0.29, 0.717) is 17.3 Å². The molecule has 5 rings (SSSR count). The van der Waals surface area contributed by atoms with Gasteiger partial charge in [-0.3, -0.25) is 5.10 Å². The van der Waals surface area contributed by atoms with E-state index in [2.05, 4.69) is 42.2 Å². The maximum absolute atomic E-state index is 4.57. The van der Waals surface area contributed by atoms with Crippen molar-refractivity contribution < 1.29 is 0 Å². The fraction of sp³-hybridized carbons (Fsp3) is 0.588. The first-order valence-electron chi connectivity index (χ1n) is 8.91. The number of H-pyrrole nitrogens is 1. The lowest BCUT2D eigenvalue weighted by Gasteiger charge is -2.26. The Bertz CT molecular complexity index is 728. The summed E-state index contributed by atoms with van der Waals surface area (Å²) in [7, 11) is 0. The Kier molecular flexibility index (Phi) is 3.22. The summed E-state index contributed by atoms with van der Waals surface area (Å²) in [4.78, 5) is 8.92. The molecule has 0 radical (unpaired) electrons. The van der Waals surface area contributed by atoms with Gasteiger partial charge in [-0.1, -0.05) is 0 Å². The van der Waals surface area contributed by atoms with Crippen LogP contribution in [0, 0.1) is 5.41 Å². The van der Waals surface area contributed by atoms with Crippen molar-refractivity contribution >= 4 is 17.6 Å². The molecule has 7 nitrogen and oxygen atoms in total. The lowest BCUT2D eigenvalue weighted by atomic mass is 9.87. The average Bonchev–Trinajstić information content (AvgIpc) is 3.05. The zero-order valence-corrected chi connectivity index (χ0v) is 13.7. The zero-order chi connectivity index (χ0) is 16.0. The minimum absolute atomic E-state index is 0.388. The van der Waals surface area contributed by atoms with E-state index in [1.807, 2.05) is 6.07 Å². The highest BCUT2D eigenvalue weighted by atomic mass is 15.2. The molecule has 0 spiro atoms. The van der Waals surface area contributed by atoms with E-state index >= 15 is 0 Å². The van der Waals surface area contributed by atoms with Gasteiger partial charge in [0.25, 0.3) is 0 Å². The van der Waals surface area contributed by atoms with E-state index < -0.39 is 0 Å². The van der Waals surface area contributed by atoms with Crippen LogP contribution in [0.4, 0.5) is 17.6 Å². The molecule has 2 bridgehead atoms. The summed E-state index contributed by atoms with van der Waals surface area (Å²) in [5.41, 5.74) is 1.60. The Morgan fingerprint density at radius 2 is 2.21 bits per heavy atom. The number of piperidine rings is 1. The number of hydrogen-bond acceptors (Lipinski definition) is 6. The third-order valence-corrected chi connectivity index (χ3v) is 5.62. The highest BCUT2D eigenvalue weighted by Crippen LogP contribution is 2.42. The van der Waals surface area contributed by atoms with E-state index in [9.17, 15) is 0 Å². The monoisotopic (exact) mass is 325 g/mol. The van der Waals surface area contributed by atoms with Crippen molar-refractivity contribution in [3.05, 3.63) is 24.0 Å². The molecule has 3 fully saturated rings. The van der Waals surface area contributed by atoms with Crippen LogP contribution in [0.1, 0.15) is 43.7 Å². The second kappa shape index (κ2) is 5.44. The molecule has 2 saturated carbocycles. The van der Waals surface area contributed by atoms with Gasteiger partial charge in [0.15, 0.2) is 5.82 Å². The van der Waals surface area contributed by atoms with Crippen LogP contribution in [0.2, 0.25) is 0 Å². The van der Waals surface area contributed by atoms with Gasteiger partial charge in [-0.25, -0.2) is 4.98 Å². The molecule has 3 aliphatic rings. The normalized spacial score (nSPS) is 28.2. The Labute approximate surface area is 141 Å². The first kappa shape index (κ1) is 14.2. The molecule has 1 saturated heterocycles. The largest absolute Gasteiger partial charge is 0.354 e. The van der Waals surface area contributed by atoms with Crippen molar-refractivity contribution in [2.24, 2.45) is 5.41 Å². The first-order valence-corrected chi connectivity index (χ1v) is 8.91. The molecule has 0 aromatic carbocycles. The molecule has 2 atom stereocenters. The van der Waals surface area contributed by atoms with Crippen molar-refractivity contribution in [1.29, 1.82) is 0 Å². The first-order chi connectivity index (χ1) is 11.8. The highest BCUT2D eigenvalue weighted by molar-refractivity contribution is 5.53. The van der Waals surface area contributed by atoms with Gasteiger partial charge in [-0.2, -0.15) is 10.1 Å². The van der Waals surface area contributed by atoms with Crippen LogP contribution in [-0.4, -0.2) is 39.3 Å². The quantitative estimate of drug-likeness (QED) is 0.652. The smallest absolute Gasteiger partial charge is 0.224 e. The van der Waals surface area contributed by atoms with E-state index in [-0.39, 0.29) is 0 Å². The average molecular weight is 325 g/mol. The number of hydrogen-bond donors (Lipinski definition) is 4. The number of aromatic nitrogens is 4. The Morgan fingerprint density at radius 3 is 2.96 bits per heavy atom. The summed E-state index contributed by atoms with van der Waals surface area (Å²) in [5.74, 6) is 2.94. The van der Waals surface area contributed by atoms with Gasteiger partial charge in [-0.05, 0) is 38.2 Å². The Balaban J connectivity index is 1.24. The number of fused-ring (bicyclic) bond motifs is 2. The van der Waals surface area contributed by atoms with Crippen molar-refractivity contribution in [3.8, 4) is 0 Å². The molecule has 1 aliphatic heterocycles. The molecule has 2 aliphatic carbocycles. The van der Waals surface area contributed by atoms with Crippen LogP contribution in [0.25, 0.3) is 0 Å². The van der Waals surface area contributed by atoms with Crippen LogP contribution in [-0.2, 0) is 0 Å². The van der Waals surface area contributed by atoms with E-state index in [1.165, 1.54) is 37.8 Å². The number of aromatic amines is 1. The van der Waals surface area contributed by atoms with Crippen LogP contribution in [0.5, 0.6) is 0 Å². The summed E-state index contributed by atoms with van der Waals surface area (Å²) >= 11 is 0. The van der Waals surface area contributed by atoms with Gasteiger partial charge >= 0.3 is 0 Å². The summed E-state index contributed by atoms with van der Waals surface area (Å²) in [5, 5.41) is 17.7. The van der Waals surface area contributed by atoms with Gasteiger partial charge in [0, 0.05) is 48.4 Å². The van der Waals surface area contributed by atoms with Gasteiger partial charge in [0.1, 0.15) is 5.82 Å². The Hall–Kier alpha value is -2.15. The van der Waals surface area contributed by atoms with E-state index in [0.717, 1.165) is 30.8 Å². The maximum Gasteiger partial charge on any atom is 0.224 e. The standard InChI is InChI=1S/C17H23N7/c1-2-11(1)13-7-15(24-23-13)21-14-4-6-18-16(22-14)20-10-17-5-3-12(8-17)19-9-17/h4,6-7,11-12,19H,1-3,5,8-10H2,(H3,18,20,21,22,23,24). The third-order valence-electron chi connectivity index (χ3n) is 5.62. The molecule has 24 heavy (non-hydrogen) atoms. The molecule has 3 heterocycles. The maximum atomic E-state index is 4.57. The van der Waals surface area contributed by atoms with Crippen molar-refractivity contribution in [2.75, 3.05) is 23.7 Å². The molecule has 7 heteroatoms. The minimum atomic E-state index is 0.388. The fourth-order valence-electron chi connectivity index (χ4n) is 4.04. The summed E-state index contributed by atoms with van der Waals surface area (Å²) in [6, 6.07) is 4.67. The van der Waals surface area contributed by atoms with E-state index in [4.69, 9.17) is 0 Å². The van der Waals surface area contributed by atoms with Gasteiger partial charge in [0.05, 0.1) is 0 Å². The van der Waals surface area contributed by atoms with Gasteiger partial charge in [0.2, 0.25) is 5.95 Å². The van der Waals surface area contributed by atoms with Crippen molar-refractivity contribution in [1.82, 2.24) is 25.5 Å². The van der Waals surface area contributed by atoms with Gasteiger partial charge < -0.3 is 16.0 Å². The van der Waals surface area contributed by atoms with Crippen LogP contribution >= 0.6 is 0 Å². The third kappa shape index (κ3) is 2.73. The topological polar surface area (TPSA) is 90.5 Å². The number of anilines is 3. The summed E-state index contributed by atoms with van der Waals surface area (Å²) in [6.07, 6.45) is 8.18. The fourth-order valence-corrected chi connectivity index (χ4v) is 4.04. The number of rotatable bonds is 6. The minimum Gasteiger partial charge on any atom is -0.354 e. The molecular weight excluding hydrogens is 302 g/mol. The summed E-state index contributed by atoms with van der Waals surface area (Å²) < 4.78 is 0. The SMILES string of the molecule is c1cc(Nc2cc(C3CC3)[nH]n2)nc(NCC23CCC(C2)NC3)n1. The molecule has 2 aromatic heterocycles. The van der Waals surface area contributed by atoms with Crippen LogP contribution in [0.3, 0.4) is 0 Å². The predicted molar refractivity (Wildman–Crippen MR) is 92.4 cm³/mol. The second-order valence-corrected chi connectivity index (χ2v) is 7.55. The molecular formula is C17H23N7. The Morgan fingerprint density at radius 1 is 1.25 bits per heavy atom. The zero-order valence-electron chi connectivity index (χ0n) is 13.7.